The van der Waals surface area contributed by atoms with Crippen molar-refractivity contribution in [3.05, 3.63) is 63.6 Å². The van der Waals surface area contributed by atoms with E-state index in [1.54, 1.807) is 0 Å². The first-order valence-electron chi connectivity index (χ1n) is 8.85. The molecule has 0 radical (unpaired) electrons. The molecule has 3 rings (SSSR count). The number of nitrogens with zero attached hydrogens (tertiary/aromatic N) is 2. The SMILES string of the molecule is O[C@@H](COc1ccccc1Br)CN1CCN(Cc2ccc(Cl)cc2)CC1. The van der Waals surface area contributed by atoms with Crippen LogP contribution < -0.4 is 4.74 Å². The van der Waals surface area contributed by atoms with Gasteiger partial charge in [0, 0.05) is 44.3 Å². The molecule has 6 heteroatoms. The summed E-state index contributed by atoms with van der Waals surface area (Å²) in [6.45, 7) is 5.80. The molecule has 1 fully saturated rings. The molecule has 0 bridgehead atoms. The average Bonchev–Trinajstić information content (AvgIpc) is 2.64. The number of halogens is 2. The van der Waals surface area contributed by atoms with Crippen LogP contribution in [-0.4, -0.2) is 60.3 Å². The van der Waals surface area contributed by atoms with Crippen LogP contribution in [0.1, 0.15) is 5.56 Å². The van der Waals surface area contributed by atoms with Crippen LogP contribution in [0.5, 0.6) is 5.75 Å². The first-order valence-corrected chi connectivity index (χ1v) is 10.0. The van der Waals surface area contributed by atoms with E-state index < -0.39 is 6.10 Å². The normalized spacial score (nSPS) is 17.2. The number of para-hydroxylation sites is 1. The van der Waals surface area contributed by atoms with Gasteiger partial charge in [0.1, 0.15) is 18.5 Å². The molecule has 1 saturated heterocycles. The maximum Gasteiger partial charge on any atom is 0.133 e. The molecule has 1 N–H and O–H groups in total. The summed E-state index contributed by atoms with van der Waals surface area (Å²) in [5, 5.41) is 11.0. The lowest BCUT2D eigenvalue weighted by molar-refractivity contribution is 0.0444. The Balaban J connectivity index is 1.38. The Morgan fingerprint density at radius 2 is 1.65 bits per heavy atom. The Hall–Kier alpha value is -1.11. The molecule has 140 valence electrons. The van der Waals surface area contributed by atoms with Gasteiger partial charge in [-0.15, -0.1) is 0 Å². The van der Waals surface area contributed by atoms with Gasteiger partial charge in [-0.25, -0.2) is 0 Å². The van der Waals surface area contributed by atoms with Gasteiger partial charge in [-0.05, 0) is 45.8 Å². The maximum atomic E-state index is 10.3. The van der Waals surface area contributed by atoms with Crippen molar-refractivity contribution < 1.29 is 9.84 Å². The molecule has 0 amide bonds. The van der Waals surface area contributed by atoms with Crippen molar-refractivity contribution >= 4 is 27.5 Å². The third-order valence-corrected chi connectivity index (χ3v) is 5.43. The smallest absolute Gasteiger partial charge is 0.133 e. The molecule has 2 aromatic rings. The van der Waals surface area contributed by atoms with Crippen LogP contribution in [0.2, 0.25) is 5.02 Å². The summed E-state index contributed by atoms with van der Waals surface area (Å²) in [6, 6.07) is 15.7. The van der Waals surface area contributed by atoms with E-state index in [1.807, 2.05) is 36.4 Å². The minimum absolute atomic E-state index is 0.299. The standard InChI is InChI=1S/C20H24BrClN2O2/c21-19-3-1-2-4-20(19)26-15-18(25)14-24-11-9-23(10-12-24)13-16-5-7-17(22)8-6-16/h1-8,18,25H,9-15H2/t18-/m1/s1. The fourth-order valence-electron chi connectivity index (χ4n) is 3.08. The fourth-order valence-corrected chi connectivity index (χ4v) is 3.60. The minimum atomic E-state index is -0.495. The first kappa shape index (κ1) is 19.6. The molecule has 1 atom stereocenters. The predicted molar refractivity (Wildman–Crippen MR) is 109 cm³/mol. The molecule has 2 aromatic carbocycles. The van der Waals surface area contributed by atoms with E-state index in [-0.39, 0.29) is 0 Å². The molecule has 0 aliphatic carbocycles. The fraction of sp³-hybridized carbons (Fsp3) is 0.400. The van der Waals surface area contributed by atoms with Gasteiger partial charge in [0.2, 0.25) is 0 Å². The third kappa shape index (κ3) is 5.96. The number of hydrogen-bond acceptors (Lipinski definition) is 4. The van der Waals surface area contributed by atoms with Crippen molar-refractivity contribution in [3.63, 3.8) is 0 Å². The van der Waals surface area contributed by atoms with Crippen molar-refractivity contribution in [1.29, 1.82) is 0 Å². The third-order valence-electron chi connectivity index (χ3n) is 4.52. The highest BCUT2D eigenvalue weighted by Gasteiger charge is 2.19. The zero-order valence-corrected chi connectivity index (χ0v) is 17.0. The Morgan fingerprint density at radius 1 is 1.00 bits per heavy atom. The van der Waals surface area contributed by atoms with Gasteiger partial charge in [0.15, 0.2) is 0 Å². The van der Waals surface area contributed by atoms with E-state index in [1.165, 1.54) is 5.56 Å². The number of β-amino-alcohol motifs (C(OH)–C–C–N with tert-alkyl or cyclic N) is 1. The second-order valence-corrected chi connectivity index (χ2v) is 7.89. The Morgan fingerprint density at radius 3 is 2.35 bits per heavy atom. The summed E-state index contributed by atoms with van der Waals surface area (Å²) >= 11 is 9.39. The number of piperazine rings is 1. The Labute approximate surface area is 168 Å². The molecule has 0 aromatic heterocycles. The van der Waals surface area contributed by atoms with Crippen molar-refractivity contribution in [2.24, 2.45) is 0 Å². The quantitative estimate of drug-likeness (QED) is 0.714. The van der Waals surface area contributed by atoms with Crippen LogP contribution in [0.3, 0.4) is 0 Å². The van der Waals surface area contributed by atoms with Gasteiger partial charge in [0.05, 0.1) is 4.47 Å². The van der Waals surface area contributed by atoms with E-state index in [9.17, 15) is 5.11 Å². The number of ether oxygens (including phenoxy) is 1. The van der Waals surface area contributed by atoms with Crippen molar-refractivity contribution in [3.8, 4) is 5.75 Å². The number of hydrogen-bond donors (Lipinski definition) is 1. The number of aliphatic hydroxyl groups excluding tert-OH is 1. The summed E-state index contributed by atoms with van der Waals surface area (Å²) in [4.78, 5) is 4.73. The van der Waals surface area contributed by atoms with Gasteiger partial charge in [0.25, 0.3) is 0 Å². The van der Waals surface area contributed by atoms with Gasteiger partial charge in [-0.3, -0.25) is 9.80 Å². The summed E-state index contributed by atoms with van der Waals surface area (Å²) in [7, 11) is 0. The highest BCUT2D eigenvalue weighted by Crippen LogP contribution is 2.23. The molecule has 0 saturated carbocycles. The van der Waals surface area contributed by atoms with Crippen LogP contribution >= 0.6 is 27.5 Å². The number of rotatable bonds is 7. The summed E-state index contributed by atoms with van der Waals surface area (Å²) in [6.07, 6.45) is -0.495. The van der Waals surface area contributed by atoms with Crippen molar-refractivity contribution in [2.45, 2.75) is 12.6 Å². The zero-order valence-electron chi connectivity index (χ0n) is 14.7. The van der Waals surface area contributed by atoms with Crippen LogP contribution in [0, 0.1) is 0 Å². The lowest BCUT2D eigenvalue weighted by atomic mass is 10.2. The predicted octanol–water partition coefficient (Wildman–Crippen LogP) is 3.66. The molecule has 1 aliphatic rings. The summed E-state index contributed by atoms with van der Waals surface area (Å²) in [5.41, 5.74) is 1.28. The zero-order chi connectivity index (χ0) is 18.4. The Kier molecular flexibility index (Phi) is 7.34. The van der Waals surface area contributed by atoms with E-state index in [0.717, 1.165) is 48.0 Å². The average molecular weight is 440 g/mol. The second kappa shape index (κ2) is 9.72. The highest BCUT2D eigenvalue weighted by atomic mass is 79.9. The van der Waals surface area contributed by atoms with Gasteiger partial charge < -0.3 is 9.84 Å². The molecular weight excluding hydrogens is 416 g/mol. The van der Waals surface area contributed by atoms with Crippen LogP contribution in [0.15, 0.2) is 53.0 Å². The second-order valence-electron chi connectivity index (χ2n) is 6.60. The molecule has 1 heterocycles. The first-order chi connectivity index (χ1) is 12.6. The van der Waals surface area contributed by atoms with Crippen molar-refractivity contribution in [1.82, 2.24) is 9.80 Å². The topological polar surface area (TPSA) is 35.9 Å². The van der Waals surface area contributed by atoms with Crippen LogP contribution in [0.25, 0.3) is 0 Å². The largest absolute Gasteiger partial charge is 0.490 e. The molecule has 0 unspecified atom stereocenters. The molecule has 26 heavy (non-hydrogen) atoms. The monoisotopic (exact) mass is 438 g/mol. The molecule has 1 aliphatic heterocycles. The summed E-state index contributed by atoms with van der Waals surface area (Å²) in [5.74, 6) is 0.763. The molecule has 0 spiro atoms. The van der Waals surface area contributed by atoms with E-state index in [2.05, 4.69) is 37.9 Å². The minimum Gasteiger partial charge on any atom is -0.490 e. The number of aliphatic hydroxyl groups is 1. The van der Waals surface area contributed by atoms with E-state index in [4.69, 9.17) is 16.3 Å². The van der Waals surface area contributed by atoms with Crippen LogP contribution in [0.4, 0.5) is 0 Å². The van der Waals surface area contributed by atoms with Crippen molar-refractivity contribution in [2.75, 3.05) is 39.3 Å². The van der Waals surface area contributed by atoms with Crippen LogP contribution in [-0.2, 0) is 6.54 Å². The summed E-state index contributed by atoms with van der Waals surface area (Å²) < 4.78 is 6.61. The van der Waals surface area contributed by atoms with Gasteiger partial charge in [-0.1, -0.05) is 35.9 Å². The van der Waals surface area contributed by atoms with E-state index in [0.29, 0.717) is 13.2 Å². The Bertz CT molecular complexity index is 690. The lowest BCUT2D eigenvalue weighted by Crippen LogP contribution is -2.48. The lowest BCUT2D eigenvalue weighted by Gasteiger charge is -2.35. The number of benzene rings is 2. The highest BCUT2D eigenvalue weighted by molar-refractivity contribution is 9.10. The van der Waals surface area contributed by atoms with Gasteiger partial charge in [-0.2, -0.15) is 0 Å². The van der Waals surface area contributed by atoms with E-state index >= 15 is 0 Å². The van der Waals surface area contributed by atoms with Gasteiger partial charge >= 0.3 is 0 Å². The maximum absolute atomic E-state index is 10.3. The molecular formula is C20H24BrClN2O2. The molecule has 4 nitrogen and oxygen atoms in total.